The van der Waals surface area contributed by atoms with Gasteiger partial charge in [0.25, 0.3) is 5.91 Å². The minimum atomic E-state index is -0.985. The van der Waals surface area contributed by atoms with E-state index >= 15 is 0 Å². The maximum absolute atomic E-state index is 13.3. The van der Waals surface area contributed by atoms with Gasteiger partial charge >= 0.3 is 0 Å². The highest BCUT2D eigenvalue weighted by molar-refractivity contribution is 6.03. The largest absolute Gasteiger partial charge is 0.497 e. The molecule has 2 N–H and O–H groups in total. The minimum absolute atomic E-state index is 0.112. The number of anilines is 3. The van der Waals surface area contributed by atoms with Crippen molar-refractivity contribution < 1.29 is 18.3 Å². The lowest BCUT2D eigenvalue weighted by Gasteiger charge is -2.08. The molecule has 0 aliphatic carbocycles. The molecule has 0 unspecified atom stereocenters. The van der Waals surface area contributed by atoms with E-state index in [0.717, 1.165) is 12.1 Å². The maximum atomic E-state index is 13.3. The molecule has 8 heteroatoms. The zero-order valence-electron chi connectivity index (χ0n) is 13.7. The van der Waals surface area contributed by atoms with Crippen LogP contribution < -0.4 is 15.4 Å². The average Bonchev–Trinajstić information content (AvgIpc) is 2.65. The normalized spacial score (nSPS) is 10.3. The quantitative estimate of drug-likeness (QED) is 0.728. The number of amides is 1. The summed E-state index contributed by atoms with van der Waals surface area (Å²) in [6.07, 6.45) is 1.20. The highest BCUT2D eigenvalue weighted by Crippen LogP contribution is 2.19. The lowest BCUT2D eigenvalue weighted by Crippen LogP contribution is -2.14. The predicted molar refractivity (Wildman–Crippen MR) is 92.6 cm³/mol. The van der Waals surface area contributed by atoms with Crippen LogP contribution in [0.5, 0.6) is 5.75 Å². The zero-order valence-corrected chi connectivity index (χ0v) is 13.7. The highest BCUT2D eigenvalue weighted by atomic mass is 19.2. The second-order valence-electron chi connectivity index (χ2n) is 5.23. The minimum Gasteiger partial charge on any atom is -0.497 e. The predicted octanol–water partition coefficient (Wildman–Crippen LogP) is 3.76. The summed E-state index contributed by atoms with van der Waals surface area (Å²) in [6.45, 7) is 0. The average molecular weight is 356 g/mol. The van der Waals surface area contributed by atoms with Crippen molar-refractivity contribution in [3.63, 3.8) is 0 Å². The standard InChI is InChI=1S/C18H14F2N4O2/c1-26-13-5-2-11(3-6-13)24-18(25)16-9-17(22-10-21-16)23-12-4-7-14(19)15(20)8-12/h2-10H,1H3,(H,24,25)(H,21,22,23). The van der Waals surface area contributed by atoms with Crippen LogP contribution >= 0.6 is 0 Å². The van der Waals surface area contributed by atoms with Crippen LogP contribution in [0.3, 0.4) is 0 Å². The van der Waals surface area contributed by atoms with Crippen LogP contribution in [-0.4, -0.2) is 23.0 Å². The van der Waals surface area contributed by atoms with Crippen molar-refractivity contribution in [1.82, 2.24) is 9.97 Å². The molecule has 0 bridgehead atoms. The van der Waals surface area contributed by atoms with Gasteiger partial charge in [-0.05, 0) is 36.4 Å². The molecule has 0 aliphatic heterocycles. The Kier molecular flexibility index (Phi) is 5.02. The molecule has 6 nitrogen and oxygen atoms in total. The van der Waals surface area contributed by atoms with E-state index in [1.54, 1.807) is 31.4 Å². The Balaban J connectivity index is 1.73. The molecule has 0 aliphatic rings. The Hall–Kier alpha value is -3.55. The van der Waals surface area contributed by atoms with Crippen LogP contribution in [0.15, 0.2) is 54.9 Å². The second kappa shape index (κ2) is 7.56. The molecule has 0 radical (unpaired) electrons. The third-order valence-electron chi connectivity index (χ3n) is 3.44. The summed E-state index contributed by atoms with van der Waals surface area (Å²) in [7, 11) is 1.55. The first kappa shape index (κ1) is 17.3. The molecule has 0 fully saturated rings. The summed E-state index contributed by atoms with van der Waals surface area (Å²) in [5, 5.41) is 5.49. The van der Waals surface area contributed by atoms with Gasteiger partial charge in [0.2, 0.25) is 0 Å². The van der Waals surface area contributed by atoms with Crippen molar-refractivity contribution in [2.75, 3.05) is 17.7 Å². The fraction of sp³-hybridized carbons (Fsp3) is 0.0556. The van der Waals surface area contributed by atoms with Crippen molar-refractivity contribution in [2.24, 2.45) is 0 Å². The van der Waals surface area contributed by atoms with Gasteiger partial charge in [0, 0.05) is 23.5 Å². The van der Waals surface area contributed by atoms with Crippen LogP contribution in [0.25, 0.3) is 0 Å². The van der Waals surface area contributed by atoms with Crippen molar-refractivity contribution in [2.45, 2.75) is 0 Å². The molecule has 0 atom stereocenters. The van der Waals surface area contributed by atoms with E-state index in [1.165, 1.54) is 18.5 Å². The van der Waals surface area contributed by atoms with Gasteiger partial charge in [-0.15, -0.1) is 0 Å². The Bertz CT molecular complexity index is 933. The van der Waals surface area contributed by atoms with Gasteiger partial charge in [0.05, 0.1) is 7.11 Å². The first-order chi connectivity index (χ1) is 12.5. The summed E-state index contributed by atoms with van der Waals surface area (Å²) in [5.74, 6) is -1.43. The summed E-state index contributed by atoms with van der Waals surface area (Å²) >= 11 is 0. The fourth-order valence-electron chi connectivity index (χ4n) is 2.14. The van der Waals surface area contributed by atoms with Gasteiger partial charge < -0.3 is 15.4 Å². The van der Waals surface area contributed by atoms with Crippen LogP contribution in [0, 0.1) is 11.6 Å². The molecule has 1 heterocycles. The molecule has 0 saturated carbocycles. The molecule has 3 rings (SSSR count). The number of rotatable bonds is 5. The molecule has 1 aromatic heterocycles. The van der Waals surface area contributed by atoms with Crippen molar-refractivity contribution in [3.8, 4) is 5.75 Å². The van der Waals surface area contributed by atoms with Gasteiger partial charge in [-0.25, -0.2) is 18.7 Å². The lowest BCUT2D eigenvalue weighted by molar-refractivity contribution is 0.102. The monoisotopic (exact) mass is 356 g/mol. The second-order valence-corrected chi connectivity index (χ2v) is 5.23. The molecule has 0 saturated heterocycles. The fourth-order valence-corrected chi connectivity index (χ4v) is 2.14. The summed E-state index contributed by atoms with van der Waals surface area (Å²) in [4.78, 5) is 20.2. The van der Waals surface area contributed by atoms with Crippen molar-refractivity contribution >= 4 is 23.1 Å². The maximum Gasteiger partial charge on any atom is 0.274 e. The lowest BCUT2D eigenvalue weighted by atomic mass is 10.2. The number of methoxy groups -OCH3 is 1. The molecule has 26 heavy (non-hydrogen) atoms. The van der Waals surface area contributed by atoms with Crippen molar-refractivity contribution in [3.05, 3.63) is 72.2 Å². The van der Waals surface area contributed by atoms with E-state index in [-0.39, 0.29) is 11.5 Å². The van der Waals surface area contributed by atoms with Crippen LogP contribution in [-0.2, 0) is 0 Å². The number of aromatic nitrogens is 2. The Labute approximate surface area is 147 Å². The Morgan fingerprint density at radius 3 is 2.38 bits per heavy atom. The van der Waals surface area contributed by atoms with E-state index in [9.17, 15) is 13.6 Å². The molecule has 2 aromatic carbocycles. The van der Waals surface area contributed by atoms with Gasteiger partial charge in [0.1, 0.15) is 23.6 Å². The number of hydrogen-bond donors (Lipinski definition) is 2. The van der Waals surface area contributed by atoms with Crippen molar-refractivity contribution in [1.29, 1.82) is 0 Å². The Morgan fingerprint density at radius 1 is 0.962 bits per heavy atom. The summed E-state index contributed by atoms with van der Waals surface area (Å²) < 4.78 is 31.3. The van der Waals surface area contributed by atoms with Crippen LogP contribution in [0.1, 0.15) is 10.5 Å². The van der Waals surface area contributed by atoms with E-state index in [2.05, 4.69) is 20.6 Å². The van der Waals surface area contributed by atoms with Gasteiger partial charge in [-0.1, -0.05) is 0 Å². The molecule has 0 spiro atoms. The summed E-state index contributed by atoms with van der Waals surface area (Å²) in [6, 6.07) is 11.6. The number of hydrogen-bond acceptors (Lipinski definition) is 5. The zero-order chi connectivity index (χ0) is 18.5. The van der Waals surface area contributed by atoms with E-state index < -0.39 is 17.5 Å². The molecule has 3 aromatic rings. The summed E-state index contributed by atoms with van der Waals surface area (Å²) in [5.41, 5.74) is 0.981. The van der Waals surface area contributed by atoms with Gasteiger partial charge in [-0.2, -0.15) is 0 Å². The number of nitrogens with one attached hydrogen (secondary N) is 2. The number of benzene rings is 2. The van der Waals surface area contributed by atoms with E-state index in [4.69, 9.17) is 4.74 Å². The van der Waals surface area contributed by atoms with Gasteiger partial charge in [0.15, 0.2) is 11.6 Å². The first-order valence-electron chi connectivity index (χ1n) is 7.54. The number of halogens is 2. The molecule has 1 amide bonds. The van der Waals surface area contributed by atoms with E-state index in [0.29, 0.717) is 17.1 Å². The third kappa shape index (κ3) is 4.10. The molecular formula is C18H14F2N4O2. The van der Waals surface area contributed by atoms with Crippen LogP contribution in [0.4, 0.5) is 26.0 Å². The number of ether oxygens (including phenoxy) is 1. The number of carbonyl (C=O) groups is 1. The van der Waals surface area contributed by atoms with Crippen LogP contribution in [0.2, 0.25) is 0 Å². The SMILES string of the molecule is COc1ccc(NC(=O)c2cc(Nc3ccc(F)c(F)c3)ncn2)cc1. The molecular weight excluding hydrogens is 342 g/mol. The van der Waals surface area contributed by atoms with Gasteiger partial charge in [-0.3, -0.25) is 4.79 Å². The third-order valence-corrected chi connectivity index (χ3v) is 3.44. The Morgan fingerprint density at radius 2 is 1.69 bits per heavy atom. The smallest absolute Gasteiger partial charge is 0.274 e. The molecule has 132 valence electrons. The van der Waals surface area contributed by atoms with E-state index in [1.807, 2.05) is 0 Å². The first-order valence-corrected chi connectivity index (χ1v) is 7.54. The highest BCUT2D eigenvalue weighted by Gasteiger charge is 2.10. The number of nitrogens with zero attached hydrogens (tertiary/aromatic N) is 2. The number of carbonyl (C=O) groups excluding carboxylic acids is 1. The topological polar surface area (TPSA) is 76.1 Å².